The zero-order valence-electron chi connectivity index (χ0n) is 4.36. The zero-order valence-corrected chi connectivity index (χ0v) is 7.30. The van der Waals surface area contributed by atoms with Crippen molar-refractivity contribution in [2.24, 2.45) is 0 Å². The predicted molar refractivity (Wildman–Crippen MR) is 23.1 cm³/mol. The molecular formula is C5H7F2W-. The molecule has 0 radical (unpaired) electrons. The molecule has 0 atom stereocenters. The van der Waals surface area contributed by atoms with Crippen LogP contribution in [0.2, 0.25) is 0 Å². The van der Waals surface area contributed by atoms with E-state index < -0.39 is 6.43 Å². The summed E-state index contributed by atoms with van der Waals surface area (Å²) >= 11 is 0. The number of hydrogen-bond donors (Lipinski definition) is 0. The van der Waals surface area contributed by atoms with Crippen molar-refractivity contribution in [3.05, 3.63) is 5.92 Å². The normalized spacial score (nSPS) is 19.9. The van der Waals surface area contributed by atoms with Gasteiger partial charge in [-0.05, 0) is 0 Å². The Labute approximate surface area is 61.9 Å². The molecule has 48 valence electrons. The molecule has 1 rings (SSSR count). The summed E-state index contributed by atoms with van der Waals surface area (Å²) in [7, 11) is 0. The summed E-state index contributed by atoms with van der Waals surface area (Å²) < 4.78 is 22.9. The van der Waals surface area contributed by atoms with E-state index in [1.54, 1.807) is 0 Å². The van der Waals surface area contributed by atoms with E-state index in [9.17, 15) is 8.78 Å². The fraction of sp³-hybridized carbons (Fsp3) is 0.800. The molecule has 0 aromatic rings. The number of hydrogen-bond acceptors (Lipinski definition) is 0. The molecule has 0 heterocycles. The molecule has 0 aromatic heterocycles. The maximum absolute atomic E-state index is 11.4. The minimum Gasteiger partial charge on any atom is -0.248 e. The maximum atomic E-state index is 11.4. The molecule has 0 bridgehead atoms. The van der Waals surface area contributed by atoms with Gasteiger partial charge in [0.25, 0.3) is 0 Å². The first-order valence-electron chi connectivity index (χ1n) is 2.43. The van der Waals surface area contributed by atoms with Crippen LogP contribution >= 0.6 is 0 Å². The van der Waals surface area contributed by atoms with Crippen molar-refractivity contribution in [2.45, 2.75) is 25.7 Å². The second kappa shape index (κ2) is 3.55. The summed E-state index contributed by atoms with van der Waals surface area (Å²) in [6, 6.07) is 0. The second-order valence-electron chi connectivity index (χ2n) is 1.81. The SMILES string of the molecule is FC(F)[C-]1CCC1.[W]. The van der Waals surface area contributed by atoms with Gasteiger partial charge in [0.2, 0.25) is 0 Å². The average Bonchev–Trinajstić information content (AvgIpc) is 1.23. The fourth-order valence-corrected chi connectivity index (χ4v) is 0.599. The number of alkyl halides is 2. The molecule has 0 aromatic carbocycles. The minimum absolute atomic E-state index is 0. The van der Waals surface area contributed by atoms with Crippen molar-refractivity contribution in [3.63, 3.8) is 0 Å². The van der Waals surface area contributed by atoms with Crippen LogP contribution in [0.3, 0.4) is 0 Å². The van der Waals surface area contributed by atoms with Gasteiger partial charge in [-0.2, -0.15) is 12.8 Å². The molecule has 1 aliphatic rings. The molecule has 0 unspecified atom stereocenters. The van der Waals surface area contributed by atoms with Crippen LogP contribution in [0.1, 0.15) is 19.3 Å². The van der Waals surface area contributed by atoms with Crippen molar-refractivity contribution in [1.82, 2.24) is 0 Å². The Morgan fingerprint density at radius 3 is 1.75 bits per heavy atom. The Bertz CT molecular complexity index is 61.4. The Hall–Kier alpha value is 0.548. The molecule has 0 amide bonds. The molecule has 1 saturated carbocycles. The summed E-state index contributed by atoms with van der Waals surface area (Å²) in [6.07, 6.45) is 0.170. The van der Waals surface area contributed by atoms with Gasteiger partial charge in [0, 0.05) is 21.1 Å². The predicted octanol–water partition coefficient (Wildman–Crippen LogP) is 2.01. The van der Waals surface area contributed by atoms with Gasteiger partial charge < -0.3 is 0 Å². The number of halogens is 2. The summed E-state index contributed by atoms with van der Waals surface area (Å²) in [4.78, 5) is 0. The van der Waals surface area contributed by atoms with E-state index in [0.717, 1.165) is 6.42 Å². The van der Waals surface area contributed by atoms with Gasteiger partial charge in [-0.25, -0.2) is 14.7 Å². The summed E-state index contributed by atoms with van der Waals surface area (Å²) in [6.45, 7) is 0. The Morgan fingerprint density at radius 1 is 1.25 bits per heavy atom. The van der Waals surface area contributed by atoms with E-state index in [1.165, 1.54) is 0 Å². The third kappa shape index (κ3) is 1.81. The molecule has 0 spiro atoms. The van der Waals surface area contributed by atoms with Crippen molar-refractivity contribution in [1.29, 1.82) is 0 Å². The van der Waals surface area contributed by atoms with E-state index in [2.05, 4.69) is 0 Å². The van der Waals surface area contributed by atoms with Crippen molar-refractivity contribution in [2.75, 3.05) is 0 Å². The van der Waals surface area contributed by atoms with Crippen LogP contribution in [0.25, 0.3) is 0 Å². The average molecular weight is 289 g/mol. The summed E-state index contributed by atoms with van der Waals surface area (Å²) in [5.74, 6) is 0.444. The van der Waals surface area contributed by atoms with Crippen LogP contribution in [0.5, 0.6) is 0 Å². The maximum Gasteiger partial charge on any atom is 0.124 e. The van der Waals surface area contributed by atoms with Crippen LogP contribution in [0.4, 0.5) is 8.78 Å². The molecule has 3 heteroatoms. The third-order valence-electron chi connectivity index (χ3n) is 1.30. The first-order valence-corrected chi connectivity index (χ1v) is 2.43. The van der Waals surface area contributed by atoms with Crippen molar-refractivity contribution >= 4 is 0 Å². The molecule has 8 heavy (non-hydrogen) atoms. The first-order chi connectivity index (χ1) is 3.30. The van der Waals surface area contributed by atoms with E-state index in [0.29, 0.717) is 18.8 Å². The van der Waals surface area contributed by atoms with Gasteiger partial charge in [-0.3, -0.25) is 0 Å². The van der Waals surface area contributed by atoms with Crippen LogP contribution in [0.15, 0.2) is 0 Å². The quantitative estimate of drug-likeness (QED) is 0.648. The number of rotatable bonds is 1. The standard InChI is InChI=1S/C5H7F2.W/c6-5(7)4-2-1-3-4;/h5H,1-3H2;/q-1;. The first kappa shape index (κ1) is 8.55. The second-order valence-corrected chi connectivity index (χ2v) is 1.81. The molecule has 1 fully saturated rings. The fourth-order valence-electron chi connectivity index (χ4n) is 0.599. The van der Waals surface area contributed by atoms with Gasteiger partial charge in [0.15, 0.2) is 0 Å². The topological polar surface area (TPSA) is 0 Å². The van der Waals surface area contributed by atoms with Gasteiger partial charge in [-0.1, -0.05) is 0 Å². The van der Waals surface area contributed by atoms with Crippen LogP contribution in [-0.2, 0) is 21.1 Å². The van der Waals surface area contributed by atoms with E-state index in [-0.39, 0.29) is 21.1 Å². The summed E-state index contributed by atoms with van der Waals surface area (Å²) in [5, 5.41) is 0. The van der Waals surface area contributed by atoms with Gasteiger partial charge in [0.1, 0.15) is 6.43 Å². The minimum atomic E-state index is -2.13. The van der Waals surface area contributed by atoms with E-state index in [1.807, 2.05) is 0 Å². The van der Waals surface area contributed by atoms with Crippen molar-refractivity contribution in [3.8, 4) is 0 Å². The van der Waals surface area contributed by atoms with Gasteiger partial charge >= 0.3 is 0 Å². The molecule has 1 aliphatic carbocycles. The summed E-state index contributed by atoms with van der Waals surface area (Å²) in [5.41, 5.74) is 0. The molecule has 0 N–H and O–H groups in total. The van der Waals surface area contributed by atoms with Crippen LogP contribution in [-0.4, -0.2) is 6.43 Å². The van der Waals surface area contributed by atoms with Crippen LogP contribution < -0.4 is 0 Å². The largest absolute Gasteiger partial charge is 0.248 e. The van der Waals surface area contributed by atoms with Gasteiger partial charge in [-0.15, -0.1) is 6.42 Å². The Kier molecular flexibility index (Phi) is 3.79. The van der Waals surface area contributed by atoms with E-state index >= 15 is 0 Å². The Balaban J connectivity index is 0.000000490. The monoisotopic (exact) mass is 289 g/mol. The van der Waals surface area contributed by atoms with Crippen LogP contribution in [0, 0.1) is 5.92 Å². The third-order valence-corrected chi connectivity index (χ3v) is 1.30. The Morgan fingerprint density at radius 2 is 1.75 bits per heavy atom. The van der Waals surface area contributed by atoms with Crippen molar-refractivity contribution < 1.29 is 29.8 Å². The zero-order chi connectivity index (χ0) is 5.28. The molecular weight excluding hydrogens is 282 g/mol. The van der Waals surface area contributed by atoms with Gasteiger partial charge in [0.05, 0.1) is 0 Å². The molecule has 0 saturated heterocycles. The smallest absolute Gasteiger partial charge is 0.124 e. The molecule has 0 nitrogen and oxygen atoms in total. The molecule has 0 aliphatic heterocycles. The van der Waals surface area contributed by atoms with E-state index in [4.69, 9.17) is 0 Å².